The number of aromatic nitrogens is 3. The van der Waals surface area contributed by atoms with Crippen molar-refractivity contribution in [3.05, 3.63) is 34.8 Å². The largest absolute Gasteiger partial charge is 0.369 e. The Balaban J connectivity index is 1.84. The number of rotatable bonds is 5. The summed E-state index contributed by atoms with van der Waals surface area (Å²) in [5.74, 6) is 1.64. The first-order valence-corrected chi connectivity index (χ1v) is 9.86. The smallest absolute Gasteiger partial charge is 0.181 e. The molecule has 0 unspecified atom stereocenters. The van der Waals surface area contributed by atoms with Crippen LogP contribution in [-0.2, 0) is 12.8 Å². The van der Waals surface area contributed by atoms with Gasteiger partial charge in [-0.3, -0.25) is 4.98 Å². The fraction of sp³-hybridized carbons (Fsp3) is 0.421. The van der Waals surface area contributed by atoms with Crippen LogP contribution in [0.4, 0.5) is 5.82 Å². The zero-order valence-corrected chi connectivity index (χ0v) is 15.1. The van der Waals surface area contributed by atoms with Crippen LogP contribution in [-0.4, -0.2) is 28.0 Å². The lowest BCUT2D eigenvalue weighted by molar-refractivity contribution is 0.713. The Kier molecular flexibility index (Phi) is 4.90. The number of hydrogen-bond donors (Lipinski definition) is 2. The van der Waals surface area contributed by atoms with Gasteiger partial charge in [0.25, 0.3) is 0 Å². The number of hydrogen-bond acceptors (Lipinski definition) is 6. The molecule has 0 aromatic carbocycles. The van der Waals surface area contributed by atoms with E-state index >= 15 is 0 Å². The Morgan fingerprint density at radius 2 is 2.04 bits per heavy atom. The van der Waals surface area contributed by atoms with Crippen LogP contribution in [0.1, 0.15) is 36.1 Å². The minimum Gasteiger partial charge on any atom is -0.369 e. The highest BCUT2D eigenvalue weighted by Gasteiger charge is 2.20. The molecule has 3 heterocycles. The number of nitrogens with one attached hydrogen (secondary N) is 1. The van der Waals surface area contributed by atoms with Crippen molar-refractivity contribution in [2.75, 3.05) is 18.4 Å². The number of aryl methyl sites for hydroxylation is 2. The van der Waals surface area contributed by atoms with E-state index in [1.165, 1.54) is 35.1 Å². The van der Waals surface area contributed by atoms with Crippen molar-refractivity contribution in [1.29, 1.82) is 0 Å². The summed E-state index contributed by atoms with van der Waals surface area (Å²) in [7, 11) is 0. The highest BCUT2D eigenvalue weighted by atomic mass is 32.1. The molecule has 0 amide bonds. The fourth-order valence-electron chi connectivity index (χ4n) is 3.38. The minimum absolute atomic E-state index is 0.677. The maximum atomic E-state index is 5.66. The number of fused-ring (bicyclic) bond motifs is 3. The highest BCUT2D eigenvalue weighted by Crippen LogP contribution is 2.38. The first-order chi connectivity index (χ1) is 12.4. The molecule has 0 saturated heterocycles. The van der Waals surface area contributed by atoms with Crippen molar-refractivity contribution in [2.24, 2.45) is 5.73 Å². The Hall–Kier alpha value is -2.05. The average Bonchev–Trinajstić information content (AvgIpc) is 2.84. The van der Waals surface area contributed by atoms with Gasteiger partial charge < -0.3 is 11.1 Å². The summed E-state index contributed by atoms with van der Waals surface area (Å²) in [4.78, 5) is 16.7. The SMILES string of the molecule is NCCCNc1nc(-c2ccccn2)nc2sc3c(c12)CCCCC3. The lowest BCUT2D eigenvalue weighted by atomic mass is 10.1. The van der Waals surface area contributed by atoms with Gasteiger partial charge in [-0.25, -0.2) is 9.97 Å². The molecule has 0 aliphatic heterocycles. The van der Waals surface area contributed by atoms with E-state index in [2.05, 4.69) is 10.3 Å². The molecule has 25 heavy (non-hydrogen) atoms. The molecular weight excluding hydrogens is 330 g/mol. The fourth-order valence-corrected chi connectivity index (χ4v) is 4.64. The standard InChI is InChI=1S/C19H23N5S/c20-10-6-12-22-18-16-13-7-2-1-3-9-15(13)25-19(16)24-17(23-18)14-8-4-5-11-21-14/h4-5,8,11H,1-3,6-7,9-10,12,20H2,(H,22,23,24). The molecule has 1 aliphatic rings. The third-order valence-electron chi connectivity index (χ3n) is 4.63. The number of thiophene rings is 1. The topological polar surface area (TPSA) is 76.7 Å². The quantitative estimate of drug-likeness (QED) is 0.539. The highest BCUT2D eigenvalue weighted by molar-refractivity contribution is 7.19. The maximum Gasteiger partial charge on any atom is 0.181 e. The molecule has 130 valence electrons. The average molecular weight is 353 g/mol. The monoisotopic (exact) mass is 353 g/mol. The van der Waals surface area contributed by atoms with Crippen LogP contribution in [0.2, 0.25) is 0 Å². The van der Waals surface area contributed by atoms with E-state index in [0.717, 1.165) is 42.1 Å². The molecule has 5 nitrogen and oxygen atoms in total. The summed E-state index contributed by atoms with van der Waals surface area (Å²) in [6, 6.07) is 5.85. The van der Waals surface area contributed by atoms with Gasteiger partial charge in [-0.2, -0.15) is 0 Å². The second-order valence-corrected chi connectivity index (χ2v) is 7.51. The molecule has 3 aromatic rings. The Morgan fingerprint density at radius 3 is 2.88 bits per heavy atom. The van der Waals surface area contributed by atoms with Crippen molar-refractivity contribution in [1.82, 2.24) is 15.0 Å². The van der Waals surface area contributed by atoms with Crippen LogP contribution in [0, 0.1) is 0 Å². The van der Waals surface area contributed by atoms with E-state index in [0.29, 0.717) is 12.4 Å². The molecule has 0 atom stereocenters. The Morgan fingerprint density at radius 1 is 1.12 bits per heavy atom. The third-order valence-corrected chi connectivity index (χ3v) is 5.82. The Labute approximate surface area is 151 Å². The van der Waals surface area contributed by atoms with Crippen LogP contribution in [0.3, 0.4) is 0 Å². The van der Waals surface area contributed by atoms with Gasteiger partial charge in [-0.1, -0.05) is 12.5 Å². The summed E-state index contributed by atoms with van der Waals surface area (Å²) < 4.78 is 0. The van der Waals surface area contributed by atoms with Gasteiger partial charge in [0.05, 0.1) is 5.39 Å². The molecule has 0 fully saturated rings. The van der Waals surface area contributed by atoms with Gasteiger partial charge in [-0.05, 0) is 56.3 Å². The summed E-state index contributed by atoms with van der Waals surface area (Å²) in [5.41, 5.74) is 7.93. The van der Waals surface area contributed by atoms with Crippen LogP contribution < -0.4 is 11.1 Å². The summed E-state index contributed by atoms with van der Waals surface area (Å²) in [6.45, 7) is 1.50. The van der Waals surface area contributed by atoms with Crippen LogP contribution in [0.25, 0.3) is 21.7 Å². The van der Waals surface area contributed by atoms with Crippen molar-refractivity contribution < 1.29 is 0 Å². The van der Waals surface area contributed by atoms with Crippen LogP contribution in [0.15, 0.2) is 24.4 Å². The first kappa shape index (κ1) is 16.4. The van der Waals surface area contributed by atoms with E-state index in [1.54, 1.807) is 6.20 Å². The van der Waals surface area contributed by atoms with E-state index in [4.69, 9.17) is 15.7 Å². The Bertz CT molecular complexity index is 859. The normalized spacial score (nSPS) is 14.3. The predicted octanol–water partition coefficient (Wildman–Crippen LogP) is 3.78. The van der Waals surface area contributed by atoms with Gasteiger partial charge >= 0.3 is 0 Å². The lowest BCUT2D eigenvalue weighted by Crippen LogP contribution is -2.10. The molecular formula is C19H23N5S. The lowest BCUT2D eigenvalue weighted by Gasteiger charge is -2.10. The second kappa shape index (κ2) is 7.45. The number of anilines is 1. The van der Waals surface area contributed by atoms with Gasteiger partial charge in [0.15, 0.2) is 5.82 Å². The van der Waals surface area contributed by atoms with E-state index in [1.807, 2.05) is 29.5 Å². The summed E-state index contributed by atoms with van der Waals surface area (Å²) in [5, 5.41) is 4.72. The summed E-state index contributed by atoms with van der Waals surface area (Å²) >= 11 is 1.83. The number of pyridine rings is 1. The predicted molar refractivity (Wildman–Crippen MR) is 104 cm³/mol. The minimum atomic E-state index is 0.677. The third kappa shape index (κ3) is 3.37. The van der Waals surface area contributed by atoms with E-state index < -0.39 is 0 Å². The van der Waals surface area contributed by atoms with Crippen molar-refractivity contribution in [3.8, 4) is 11.5 Å². The molecule has 3 N–H and O–H groups in total. The maximum absolute atomic E-state index is 5.66. The molecule has 4 rings (SSSR count). The molecule has 0 saturated carbocycles. The van der Waals surface area contributed by atoms with Gasteiger partial charge in [0.1, 0.15) is 16.3 Å². The van der Waals surface area contributed by atoms with E-state index in [9.17, 15) is 0 Å². The molecule has 0 bridgehead atoms. The van der Waals surface area contributed by atoms with Gasteiger partial charge in [0.2, 0.25) is 0 Å². The zero-order chi connectivity index (χ0) is 17.1. The number of nitrogens with zero attached hydrogens (tertiary/aromatic N) is 3. The first-order valence-electron chi connectivity index (χ1n) is 9.04. The van der Waals surface area contributed by atoms with Crippen LogP contribution >= 0.6 is 11.3 Å². The zero-order valence-electron chi connectivity index (χ0n) is 14.3. The molecule has 0 radical (unpaired) electrons. The number of nitrogens with two attached hydrogens (primary N) is 1. The second-order valence-electron chi connectivity index (χ2n) is 6.42. The molecule has 0 spiro atoms. The van der Waals surface area contributed by atoms with Crippen molar-refractivity contribution >= 4 is 27.4 Å². The molecule has 1 aliphatic carbocycles. The van der Waals surface area contributed by atoms with Crippen molar-refractivity contribution in [2.45, 2.75) is 38.5 Å². The molecule has 6 heteroatoms. The molecule has 3 aromatic heterocycles. The van der Waals surface area contributed by atoms with Crippen molar-refractivity contribution in [3.63, 3.8) is 0 Å². The summed E-state index contributed by atoms with van der Waals surface area (Å²) in [6.07, 6.45) is 8.85. The van der Waals surface area contributed by atoms with E-state index in [-0.39, 0.29) is 0 Å². The van der Waals surface area contributed by atoms with Gasteiger partial charge in [0, 0.05) is 17.6 Å². The van der Waals surface area contributed by atoms with Crippen LogP contribution in [0.5, 0.6) is 0 Å². The van der Waals surface area contributed by atoms with Gasteiger partial charge in [-0.15, -0.1) is 11.3 Å².